The van der Waals surface area contributed by atoms with Crippen molar-refractivity contribution >= 4 is 42.4 Å². The third-order valence-corrected chi connectivity index (χ3v) is 5.26. The fraction of sp³-hybridized carbons (Fsp3) is 0. The number of nitrogens with zero attached hydrogens (tertiary/aromatic N) is 2. The molecule has 3 aromatic rings. The Bertz CT molecular complexity index is 1290. The van der Waals surface area contributed by atoms with E-state index >= 15 is 0 Å². The molecule has 9 nitrogen and oxygen atoms in total. The van der Waals surface area contributed by atoms with E-state index in [1.54, 1.807) is 0 Å². The SMILES string of the molecule is O=S(=O)([O-])c1cccc(/N=N/c2c(O)ccc3cc(S(=O)(=O)[O-])ccc23)c1.[Na+].[Na+]. The molecule has 0 atom stereocenters. The smallest absolute Gasteiger partial charge is 0.744 e. The van der Waals surface area contributed by atoms with Crippen molar-refractivity contribution in [3.05, 3.63) is 54.6 Å². The van der Waals surface area contributed by atoms with Crippen LogP contribution in [0.4, 0.5) is 11.4 Å². The summed E-state index contributed by atoms with van der Waals surface area (Å²) in [5.41, 5.74) is 0.0415. The molecule has 0 unspecified atom stereocenters. The Hall–Kier alpha value is -0.860. The summed E-state index contributed by atoms with van der Waals surface area (Å²) in [6.07, 6.45) is 0. The number of benzene rings is 3. The van der Waals surface area contributed by atoms with Crippen molar-refractivity contribution in [1.29, 1.82) is 0 Å². The van der Waals surface area contributed by atoms with E-state index in [0.717, 1.165) is 24.3 Å². The molecule has 3 rings (SSSR count). The van der Waals surface area contributed by atoms with Crippen LogP contribution in [0.5, 0.6) is 5.75 Å². The summed E-state index contributed by atoms with van der Waals surface area (Å²) in [6.45, 7) is 0. The maximum Gasteiger partial charge on any atom is 1.00 e. The number of rotatable bonds is 4. The third-order valence-electron chi connectivity index (χ3n) is 3.60. The van der Waals surface area contributed by atoms with Crippen molar-refractivity contribution in [3.63, 3.8) is 0 Å². The molecule has 0 saturated heterocycles. The molecule has 3 aromatic carbocycles. The molecule has 0 bridgehead atoms. The average Bonchev–Trinajstić information content (AvgIpc) is 2.59. The molecule has 0 aliphatic heterocycles. The van der Waals surface area contributed by atoms with Crippen LogP contribution in [-0.4, -0.2) is 31.0 Å². The number of hydrogen-bond acceptors (Lipinski definition) is 9. The first kappa shape index (κ1) is 26.2. The standard InChI is InChI=1S/C16H12N2O7S2.2Na/c19-15-7-4-10-8-13(27(23,24)25)5-6-14(10)16(15)18-17-11-2-1-3-12(9-11)26(20,21)22;;/h1-9,19H,(H,20,21,22)(H,23,24,25);;/q;2*+1/p-2/b18-17+;;. The summed E-state index contributed by atoms with van der Waals surface area (Å²) in [5, 5.41) is 18.4. The molecule has 1 N–H and O–H groups in total. The van der Waals surface area contributed by atoms with Gasteiger partial charge in [-0.3, -0.25) is 0 Å². The van der Waals surface area contributed by atoms with Crippen LogP contribution in [0.2, 0.25) is 0 Å². The summed E-state index contributed by atoms with van der Waals surface area (Å²) in [6, 6.07) is 11.0. The van der Waals surface area contributed by atoms with Crippen molar-refractivity contribution in [2.24, 2.45) is 10.2 Å². The Balaban J connectivity index is 0.00000210. The number of fused-ring (bicyclic) bond motifs is 1. The number of hydrogen-bond donors (Lipinski definition) is 1. The Morgan fingerprint density at radius 2 is 1.38 bits per heavy atom. The number of phenols is 1. The van der Waals surface area contributed by atoms with Gasteiger partial charge in [-0.05, 0) is 41.8 Å². The van der Waals surface area contributed by atoms with E-state index in [-0.39, 0.29) is 76.2 Å². The molecule has 0 heterocycles. The predicted octanol–water partition coefficient (Wildman–Crippen LogP) is -3.22. The van der Waals surface area contributed by atoms with Crippen LogP contribution >= 0.6 is 0 Å². The Kier molecular flexibility index (Phi) is 8.99. The van der Waals surface area contributed by atoms with Gasteiger partial charge >= 0.3 is 59.1 Å². The van der Waals surface area contributed by atoms with Gasteiger partial charge in [0.1, 0.15) is 31.7 Å². The molecule has 0 aromatic heterocycles. The first-order chi connectivity index (χ1) is 12.6. The van der Waals surface area contributed by atoms with E-state index in [0.29, 0.717) is 10.8 Å². The number of aromatic hydroxyl groups is 1. The quantitative estimate of drug-likeness (QED) is 0.248. The summed E-state index contributed by atoms with van der Waals surface area (Å²) < 4.78 is 66.6. The van der Waals surface area contributed by atoms with Gasteiger partial charge in [0.15, 0.2) is 0 Å². The zero-order valence-electron chi connectivity index (χ0n) is 15.3. The Morgan fingerprint density at radius 1 is 0.759 bits per heavy atom. The maximum atomic E-state index is 11.1. The van der Waals surface area contributed by atoms with Gasteiger partial charge in [-0.2, -0.15) is 5.11 Å². The van der Waals surface area contributed by atoms with Crippen LogP contribution in [0.1, 0.15) is 0 Å². The normalized spacial score (nSPS) is 11.8. The summed E-state index contributed by atoms with van der Waals surface area (Å²) in [5.74, 6) is -0.267. The van der Waals surface area contributed by atoms with E-state index in [9.17, 15) is 31.0 Å². The van der Waals surface area contributed by atoms with Crippen LogP contribution in [0.15, 0.2) is 74.6 Å². The van der Waals surface area contributed by atoms with Gasteiger partial charge in [-0.15, -0.1) is 5.11 Å². The first-order valence-corrected chi connectivity index (χ1v) is 10.1. The minimum absolute atomic E-state index is 0. The van der Waals surface area contributed by atoms with Gasteiger partial charge in [-0.25, -0.2) is 16.8 Å². The Morgan fingerprint density at radius 3 is 2.00 bits per heavy atom. The molecule has 0 spiro atoms. The van der Waals surface area contributed by atoms with Crippen LogP contribution in [-0.2, 0) is 20.2 Å². The first-order valence-electron chi connectivity index (χ1n) is 7.25. The molecule has 0 amide bonds. The van der Waals surface area contributed by atoms with Gasteiger partial charge < -0.3 is 14.2 Å². The molecule has 0 saturated carbocycles. The molecule has 0 aliphatic carbocycles. The second-order valence-corrected chi connectivity index (χ2v) is 8.18. The maximum absolute atomic E-state index is 11.1. The monoisotopic (exact) mass is 452 g/mol. The van der Waals surface area contributed by atoms with E-state index in [1.807, 2.05) is 0 Å². The minimum Gasteiger partial charge on any atom is -0.744 e. The van der Waals surface area contributed by atoms with Gasteiger partial charge in [0.25, 0.3) is 0 Å². The van der Waals surface area contributed by atoms with Crippen LogP contribution in [0.25, 0.3) is 10.8 Å². The zero-order valence-corrected chi connectivity index (χ0v) is 20.9. The average molecular weight is 452 g/mol. The second kappa shape index (κ2) is 9.96. The molecular weight excluding hydrogens is 442 g/mol. The van der Waals surface area contributed by atoms with Gasteiger partial charge in [0, 0.05) is 5.39 Å². The molecule has 0 aliphatic rings. The molecule has 13 heteroatoms. The minimum atomic E-state index is -4.66. The zero-order chi connectivity index (χ0) is 19.8. The number of phenolic OH excluding ortho intramolecular Hbond substituents is 1. The predicted molar refractivity (Wildman–Crippen MR) is 92.2 cm³/mol. The summed E-state index contributed by atoms with van der Waals surface area (Å²) >= 11 is 0. The Labute approximate surface area is 210 Å². The van der Waals surface area contributed by atoms with E-state index in [2.05, 4.69) is 10.2 Å². The van der Waals surface area contributed by atoms with Crippen molar-refractivity contribution in [1.82, 2.24) is 0 Å². The van der Waals surface area contributed by atoms with Gasteiger partial charge in [0.05, 0.1) is 15.5 Å². The van der Waals surface area contributed by atoms with Crippen molar-refractivity contribution < 1.29 is 90.2 Å². The van der Waals surface area contributed by atoms with E-state index in [1.165, 1.54) is 30.3 Å². The van der Waals surface area contributed by atoms with Gasteiger partial charge in [0.2, 0.25) is 0 Å². The molecular formula is C16H10N2Na2O7S2. The van der Waals surface area contributed by atoms with Crippen molar-refractivity contribution in [3.8, 4) is 5.75 Å². The number of azo groups is 1. The van der Waals surface area contributed by atoms with E-state index < -0.39 is 30.0 Å². The topological polar surface area (TPSA) is 159 Å². The van der Waals surface area contributed by atoms with Crippen molar-refractivity contribution in [2.45, 2.75) is 9.79 Å². The summed E-state index contributed by atoms with van der Waals surface area (Å²) in [4.78, 5) is -0.914. The summed E-state index contributed by atoms with van der Waals surface area (Å²) in [7, 11) is -9.30. The fourth-order valence-corrected chi connectivity index (χ4v) is 3.37. The van der Waals surface area contributed by atoms with Crippen molar-refractivity contribution in [2.75, 3.05) is 0 Å². The fourth-order valence-electron chi connectivity index (χ4n) is 2.35. The largest absolute Gasteiger partial charge is 1.00 e. The second-order valence-electron chi connectivity index (χ2n) is 5.42. The molecule has 140 valence electrons. The van der Waals surface area contributed by atoms with Crippen LogP contribution in [0, 0.1) is 0 Å². The van der Waals surface area contributed by atoms with E-state index in [4.69, 9.17) is 0 Å². The van der Waals surface area contributed by atoms with Crippen LogP contribution in [0.3, 0.4) is 0 Å². The molecule has 0 fully saturated rings. The molecule has 29 heavy (non-hydrogen) atoms. The van der Waals surface area contributed by atoms with Gasteiger partial charge in [-0.1, -0.05) is 18.2 Å². The molecule has 0 radical (unpaired) electrons. The third kappa shape index (κ3) is 6.31. The van der Waals surface area contributed by atoms with Crippen LogP contribution < -0.4 is 59.1 Å².